The molecular formula is C10H16N2O3S. The number of carbonyl (C=O) groups excluding carboxylic acids is 2. The largest absolute Gasteiger partial charge is 0.387 e. The zero-order valence-electron chi connectivity index (χ0n) is 9.16. The molecule has 0 saturated carbocycles. The molecule has 0 aliphatic heterocycles. The first kappa shape index (κ1) is 14.7. The van der Waals surface area contributed by atoms with Gasteiger partial charge >= 0.3 is 0 Å². The van der Waals surface area contributed by atoms with Crippen molar-refractivity contribution in [1.82, 2.24) is 10.6 Å². The van der Waals surface area contributed by atoms with Gasteiger partial charge in [-0.05, 0) is 10.3 Å². The molecule has 2 amide bonds. The van der Waals surface area contributed by atoms with Gasteiger partial charge in [-0.25, -0.2) is 0 Å². The highest BCUT2D eigenvalue weighted by Crippen LogP contribution is 2.19. The van der Waals surface area contributed by atoms with E-state index in [0.717, 1.165) is 0 Å². The maximum absolute atomic E-state index is 11.4. The quantitative estimate of drug-likeness (QED) is 0.588. The van der Waals surface area contributed by atoms with Crippen molar-refractivity contribution in [3.63, 3.8) is 0 Å². The van der Waals surface area contributed by atoms with Crippen molar-refractivity contribution >= 4 is 23.6 Å². The van der Waals surface area contributed by atoms with Crippen molar-refractivity contribution < 1.29 is 14.7 Å². The van der Waals surface area contributed by atoms with Crippen molar-refractivity contribution in [1.29, 1.82) is 0 Å². The molecule has 90 valence electrons. The van der Waals surface area contributed by atoms with Crippen molar-refractivity contribution in [2.45, 2.75) is 12.5 Å². The van der Waals surface area contributed by atoms with Crippen LogP contribution in [0, 0.1) is 0 Å². The SMILES string of the molecule is C=CSC(=C)C[C@H](NC(=O)CO)C(=O)NC. The number of thioether (sulfide) groups is 1. The molecule has 0 radical (unpaired) electrons. The molecule has 0 aromatic heterocycles. The van der Waals surface area contributed by atoms with Crippen LogP contribution in [0.4, 0.5) is 0 Å². The monoisotopic (exact) mass is 244 g/mol. The molecule has 0 fully saturated rings. The van der Waals surface area contributed by atoms with E-state index in [4.69, 9.17) is 5.11 Å². The smallest absolute Gasteiger partial charge is 0.246 e. The van der Waals surface area contributed by atoms with Crippen LogP contribution in [-0.2, 0) is 9.59 Å². The van der Waals surface area contributed by atoms with Gasteiger partial charge in [-0.1, -0.05) is 13.2 Å². The van der Waals surface area contributed by atoms with Gasteiger partial charge < -0.3 is 15.7 Å². The Morgan fingerprint density at radius 1 is 1.56 bits per heavy atom. The van der Waals surface area contributed by atoms with E-state index in [1.165, 1.54) is 18.8 Å². The Bertz CT molecular complexity index is 292. The molecule has 0 aliphatic rings. The second kappa shape index (κ2) is 7.95. The summed E-state index contributed by atoms with van der Waals surface area (Å²) in [6.07, 6.45) is 0.294. The maximum Gasteiger partial charge on any atom is 0.246 e. The number of aliphatic hydroxyl groups excluding tert-OH is 1. The Morgan fingerprint density at radius 3 is 2.62 bits per heavy atom. The Labute approximate surface area is 99.0 Å². The molecule has 0 rings (SSSR count). The van der Waals surface area contributed by atoms with Crippen molar-refractivity contribution in [3.8, 4) is 0 Å². The van der Waals surface area contributed by atoms with Crippen LogP contribution in [-0.4, -0.2) is 36.6 Å². The van der Waals surface area contributed by atoms with Crippen LogP contribution < -0.4 is 10.6 Å². The highest BCUT2D eigenvalue weighted by Gasteiger charge is 2.19. The summed E-state index contributed by atoms with van der Waals surface area (Å²) in [6.45, 7) is 6.61. The predicted molar refractivity (Wildman–Crippen MR) is 64.6 cm³/mol. The summed E-state index contributed by atoms with van der Waals surface area (Å²) in [7, 11) is 1.48. The highest BCUT2D eigenvalue weighted by molar-refractivity contribution is 8.05. The van der Waals surface area contributed by atoms with Crippen LogP contribution in [0.1, 0.15) is 6.42 Å². The van der Waals surface area contributed by atoms with Gasteiger partial charge in [0.15, 0.2) is 0 Å². The molecule has 0 heterocycles. The van der Waals surface area contributed by atoms with Gasteiger partial charge in [0.2, 0.25) is 11.8 Å². The Hall–Kier alpha value is -1.27. The lowest BCUT2D eigenvalue weighted by molar-refractivity contribution is -0.130. The molecule has 1 atom stereocenters. The first-order valence-corrected chi connectivity index (χ1v) is 5.50. The molecule has 16 heavy (non-hydrogen) atoms. The molecule has 0 bridgehead atoms. The number of aliphatic hydroxyl groups is 1. The number of amides is 2. The summed E-state index contributed by atoms with van der Waals surface area (Å²) in [4.78, 5) is 23.1. The van der Waals surface area contributed by atoms with E-state index in [1.807, 2.05) is 0 Å². The number of carbonyl (C=O) groups is 2. The van der Waals surface area contributed by atoms with Crippen molar-refractivity contribution in [2.24, 2.45) is 0 Å². The third-order valence-electron chi connectivity index (χ3n) is 1.72. The fraction of sp³-hybridized carbons (Fsp3) is 0.400. The Balaban J connectivity index is 4.42. The minimum atomic E-state index is -0.718. The molecular weight excluding hydrogens is 228 g/mol. The molecule has 0 aromatic carbocycles. The number of hydrogen-bond donors (Lipinski definition) is 3. The third-order valence-corrected chi connectivity index (χ3v) is 2.39. The Kier molecular flexibility index (Phi) is 7.32. The van der Waals surface area contributed by atoms with Gasteiger partial charge in [-0.3, -0.25) is 9.59 Å². The maximum atomic E-state index is 11.4. The van der Waals surface area contributed by atoms with E-state index in [1.54, 1.807) is 5.41 Å². The Morgan fingerprint density at radius 2 is 2.19 bits per heavy atom. The van der Waals surface area contributed by atoms with Crippen LogP contribution in [0.25, 0.3) is 0 Å². The second-order valence-electron chi connectivity index (χ2n) is 2.92. The van der Waals surface area contributed by atoms with Gasteiger partial charge in [-0.15, -0.1) is 11.8 Å². The predicted octanol–water partition coefficient (Wildman–Crippen LogP) is -0.0100. The summed E-state index contributed by atoms with van der Waals surface area (Å²) in [6, 6.07) is -0.718. The van der Waals surface area contributed by atoms with Gasteiger partial charge in [0.1, 0.15) is 12.6 Å². The topological polar surface area (TPSA) is 78.4 Å². The molecule has 0 saturated heterocycles. The highest BCUT2D eigenvalue weighted by atomic mass is 32.2. The van der Waals surface area contributed by atoms with Gasteiger partial charge in [0.05, 0.1) is 0 Å². The van der Waals surface area contributed by atoms with Gasteiger partial charge in [0.25, 0.3) is 0 Å². The van der Waals surface area contributed by atoms with Crippen LogP contribution in [0.5, 0.6) is 0 Å². The first-order valence-electron chi connectivity index (χ1n) is 4.62. The minimum absolute atomic E-state index is 0.294. The van der Waals surface area contributed by atoms with E-state index < -0.39 is 18.6 Å². The molecule has 0 unspecified atom stereocenters. The third kappa shape index (κ3) is 5.57. The first-order chi connectivity index (χ1) is 7.54. The van der Waals surface area contributed by atoms with Crippen molar-refractivity contribution in [2.75, 3.05) is 13.7 Å². The lowest BCUT2D eigenvalue weighted by atomic mass is 10.2. The number of rotatable bonds is 7. The molecule has 6 heteroatoms. The fourth-order valence-corrected chi connectivity index (χ4v) is 1.52. The summed E-state index contributed by atoms with van der Waals surface area (Å²) in [5.74, 6) is -0.919. The number of nitrogens with one attached hydrogen (secondary N) is 2. The molecule has 3 N–H and O–H groups in total. The minimum Gasteiger partial charge on any atom is -0.387 e. The lowest BCUT2D eigenvalue weighted by Crippen LogP contribution is -2.46. The van der Waals surface area contributed by atoms with Crippen LogP contribution in [0.3, 0.4) is 0 Å². The normalized spacial score (nSPS) is 11.4. The summed E-state index contributed by atoms with van der Waals surface area (Å²) >= 11 is 1.30. The van der Waals surface area contributed by atoms with Crippen molar-refractivity contribution in [3.05, 3.63) is 23.5 Å². The molecule has 0 spiro atoms. The van der Waals surface area contributed by atoms with Crippen LogP contribution in [0.2, 0.25) is 0 Å². The van der Waals surface area contributed by atoms with E-state index in [-0.39, 0.29) is 5.91 Å². The van der Waals surface area contributed by atoms with E-state index >= 15 is 0 Å². The standard InChI is InChI=1S/C10H16N2O3S/c1-4-16-7(2)5-8(10(15)11-3)12-9(14)6-13/h4,8,13H,1-2,5-6H2,3H3,(H,11,15)(H,12,14)/t8-/m0/s1. The molecule has 0 aliphatic carbocycles. The van der Waals surface area contributed by atoms with E-state index in [2.05, 4.69) is 23.8 Å². The van der Waals surface area contributed by atoms with Crippen LogP contribution in [0.15, 0.2) is 23.5 Å². The summed E-state index contributed by atoms with van der Waals surface area (Å²) in [5.41, 5.74) is 0. The zero-order valence-corrected chi connectivity index (χ0v) is 9.97. The molecule has 5 nitrogen and oxygen atoms in total. The van der Waals surface area contributed by atoms with Crippen LogP contribution >= 0.6 is 11.8 Å². The lowest BCUT2D eigenvalue weighted by Gasteiger charge is -2.17. The van der Waals surface area contributed by atoms with Gasteiger partial charge in [-0.2, -0.15) is 0 Å². The average Bonchev–Trinajstić information content (AvgIpc) is 2.27. The second-order valence-corrected chi connectivity index (χ2v) is 4.07. The molecule has 0 aromatic rings. The van der Waals surface area contributed by atoms with Gasteiger partial charge in [0, 0.05) is 13.5 Å². The number of hydrogen-bond acceptors (Lipinski definition) is 4. The number of likely N-dealkylation sites (N-methyl/N-ethyl adjacent to an activating group) is 1. The average molecular weight is 244 g/mol. The van der Waals surface area contributed by atoms with E-state index in [9.17, 15) is 9.59 Å². The zero-order chi connectivity index (χ0) is 12.6. The van der Waals surface area contributed by atoms with E-state index in [0.29, 0.717) is 11.3 Å². The summed E-state index contributed by atoms with van der Waals surface area (Å²) in [5, 5.41) is 15.0. The fourth-order valence-electron chi connectivity index (χ4n) is 1.02. The summed E-state index contributed by atoms with van der Waals surface area (Å²) < 4.78 is 0.